The maximum Gasteiger partial charge on any atom is 0.166 e. The number of benzene rings is 1. The zero-order chi connectivity index (χ0) is 14.1. The molecule has 0 saturated heterocycles. The van der Waals surface area contributed by atoms with E-state index in [1.165, 1.54) is 18.4 Å². The van der Waals surface area contributed by atoms with Crippen LogP contribution in [-0.2, 0) is 0 Å². The number of nitrogens with zero attached hydrogens (tertiary/aromatic N) is 1. The number of fused-ring (bicyclic) bond motifs is 1. The molecular weight excluding hydrogens is 266 g/mol. The lowest BCUT2D eigenvalue weighted by molar-refractivity contribution is 0.441. The molecule has 1 aromatic heterocycles. The van der Waals surface area contributed by atoms with Gasteiger partial charge >= 0.3 is 0 Å². The molecule has 0 amide bonds. The molecule has 0 radical (unpaired) electrons. The minimum Gasteiger partial charge on any atom is -0.333 e. The standard InChI is InChI=1S/C16H23N3S/c1-4-17-12-7-8-15(11(12)3)20-16-18-13-6-5-10(2)9-14(13)19-16/h5-6,9,11-12,15,17H,4,7-8H2,1-3H3,(H,18,19). The SMILES string of the molecule is CCNC1CCC(Sc2nc3ccc(C)cc3[nH]2)C1C. The van der Waals surface area contributed by atoms with E-state index in [9.17, 15) is 0 Å². The third-order valence-corrected chi connectivity index (χ3v) is 5.71. The largest absolute Gasteiger partial charge is 0.333 e. The summed E-state index contributed by atoms with van der Waals surface area (Å²) in [7, 11) is 0. The molecule has 4 heteroatoms. The monoisotopic (exact) mass is 289 g/mol. The van der Waals surface area contributed by atoms with Crippen LogP contribution in [0.25, 0.3) is 11.0 Å². The van der Waals surface area contributed by atoms with Crippen molar-refractivity contribution >= 4 is 22.8 Å². The minimum absolute atomic E-state index is 0.667. The Morgan fingerprint density at radius 2 is 2.25 bits per heavy atom. The number of imidazole rings is 1. The number of aryl methyl sites for hydroxylation is 1. The smallest absolute Gasteiger partial charge is 0.166 e. The lowest BCUT2D eigenvalue weighted by Crippen LogP contribution is -2.33. The van der Waals surface area contributed by atoms with Crippen LogP contribution in [0, 0.1) is 12.8 Å². The van der Waals surface area contributed by atoms with Crippen LogP contribution in [0.5, 0.6) is 0 Å². The average Bonchev–Trinajstić information content (AvgIpc) is 2.96. The average molecular weight is 289 g/mol. The van der Waals surface area contributed by atoms with Gasteiger partial charge in [-0.2, -0.15) is 0 Å². The summed E-state index contributed by atoms with van der Waals surface area (Å²) in [6, 6.07) is 7.07. The van der Waals surface area contributed by atoms with Crippen LogP contribution in [0.2, 0.25) is 0 Å². The van der Waals surface area contributed by atoms with Gasteiger partial charge in [0.25, 0.3) is 0 Å². The molecule has 3 unspecified atom stereocenters. The van der Waals surface area contributed by atoms with E-state index in [-0.39, 0.29) is 0 Å². The van der Waals surface area contributed by atoms with Crippen molar-refractivity contribution in [2.75, 3.05) is 6.54 Å². The van der Waals surface area contributed by atoms with Crippen LogP contribution in [0.3, 0.4) is 0 Å². The molecule has 0 spiro atoms. The lowest BCUT2D eigenvalue weighted by atomic mass is 10.1. The third kappa shape index (κ3) is 2.72. The molecule has 2 aromatic rings. The molecule has 20 heavy (non-hydrogen) atoms. The molecule has 3 rings (SSSR count). The predicted octanol–water partition coefficient (Wildman–Crippen LogP) is 3.74. The molecule has 1 fully saturated rings. The summed E-state index contributed by atoms with van der Waals surface area (Å²) in [4.78, 5) is 8.17. The van der Waals surface area contributed by atoms with Gasteiger partial charge in [-0.1, -0.05) is 31.7 Å². The van der Waals surface area contributed by atoms with E-state index >= 15 is 0 Å². The second-order valence-corrected chi connectivity index (χ2v) is 7.05. The van der Waals surface area contributed by atoms with Gasteiger partial charge in [-0.25, -0.2) is 4.98 Å². The molecule has 1 aliphatic carbocycles. The minimum atomic E-state index is 0.667. The van der Waals surface area contributed by atoms with Crippen molar-refractivity contribution in [3.8, 4) is 0 Å². The fraction of sp³-hybridized carbons (Fsp3) is 0.562. The van der Waals surface area contributed by atoms with Gasteiger partial charge < -0.3 is 10.3 Å². The van der Waals surface area contributed by atoms with E-state index in [0.29, 0.717) is 17.2 Å². The second-order valence-electron chi connectivity index (χ2n) is 5.82. The molecule has 1 saturated carbocycles. The third-order valence-electron chi connectivity index (χ3n) is 4.33. The number of aromatic amines is 1. The molecule has 2 N–H and O–H groups in total. The number of hydrogen-bond acceptors (Lipinski definition) is 3. The van der Waals surface area contributed by atoms with Crippen molar-refractivity contribution in [3.63, 3.8) is 0 Å². The van der Waals surface area contributed by atoms with Gasteiger partial charge in [-0.3, -0.25) is 0 Å². The zero-order valence-corrected chi connectivity index (χ0v) is 13.3. The van der Waals surface area contributed by atoms with Crippen molar-refractivity contribution in [1.82, 2.24) is 15.3 Å². The topological polar surface area (TPSA) is 40.7 Å². The Morgan fingerprint density at radius 1 is 1.40 bits per heavy atom. The Kier molecular flexibility index (Phi) is 4.03. The first kappa shape index (κ1) is 14.0. The summed E-state index contributed by atoms with van der Waals surface area (Å²) in [6.07, 6.45) is 2.56. The molecule has 3 atom stereocenters. The van der Waals surface area contributed by atoms with E-state index < -0.39 is 0 Å². The van der Waals surface area contributed by atoms with Gasteiger partial charge in [0.1, 0.15) is 0 Å². The van der Waals surface area contributed by atoms with Crippen LogP contribution >= 0.6 is 11.8 Å². The lowest BCUT2D eigenvalue weighted by Gasteiger charge is -2.20. The first-order valence-corrected chi connectivity index (χ1v) is 8.41. The zero-order valence-electron chi connectivity index (χ0n) is 12.4. The summed E-state index contributed by atoms with van der Waals surface area (Å²) in [6.45, 7) is 7.74. The quantitative estimate of drug-likeness (QED) is 0.901. The van der Waals surface area contributed by atoms with E-state index in [2.05, 4.69) is 49.3 Å². The number of thioether (sulfide) groups is 1. The Hall–Kier alpha value is -1.00. The summed E-state index contributed by atoms with van der Waals surface area (Å²) in [5, 5.41) is 5.34. The van der Waals surface area contributed by atoms with Gasteiger partial charge in [-0.05, 0) is 49.9 Å². The first-order chi connectivity index (χ1) is 9.67. The van der Waals surface area contributed by atoms with E-state index in [0.717, 1.165) is 22.7 Å². The van der Waals surface area contributed by atoms with Crippen LogP contribution in [0.1, 0.15) is 32.3 Å². The first-order valence-electron chi connectivity index (χ1n) is 7.53. The molecule has 0 aliphatic heterocycles. The molecule has 1 heterocycles. The van der Waals surface area contributed by atoms with Gasteiger partial charge in [0, 0.05) is 11.3 Å². The Labute approximate surface area is 124 Å². The highest BCUT2D eigenvalue weighted by molar-refractivity contribution is 7.99. The van der Waals surface area contributed by atoms with Crippen molar-refractivity contribution in [2.45, 2.75) is 50.1 Å². The highest BCUT2D eigenvalue weighted by Gasteiger charge is 2.33. The number of H-pyrrole nitrogens is 1. The van der Waals surface area contributed by atoms with E-state index in [4.69, 9.17) is 4.98 Å². The Balaban J connectivity index is 1.73. The fourth-order valence-electron chi connectivity index (χ4n) is 3.14. The summed E-state index contributed by atoms with van der Waals surface area (Å²) >= 11 is 1.91. The Morgan fingerprint density at radius 3 is 3.05 bits per heavy atom. The van der Waals surface area contributed by atoms with Crippen molar-refractivity contribution in [1.29, 1.82) is 0 Å². The van der Waals surface area contributed by atoms with Crippen LogP contribution in [0.15, 0.2) is 23.4 Å². The van der Waals surface area contributed by atoms with Crippen LogP contribution in [-0.4, -0.2) is 27.8 Å². The molecule has 108 valence electrons. The summed E-state index contributed by atoms with van der Waals surface area (Å²) in [5.74, 6) is 0.704. The number of rotatable bonds is 4. The van der Waals surface area contributed by atoms with Gasteiger partial charge in [0.2, 0.25) is 0 Å². The maximum atomic E-state index is 4.71. The van der Waals surface area contributed by atoms with Crippen LogP contribution < -0.4 is 5.32 Å². The van der Waals surface area contributed by atoms with Gasteiger partial charge in [-0.15, -0.1) is 0 Å². The van der Waals surface area contributed by atoms with Gasteiger partial charge in [0.15, 0.2) is 5.16 Å². The normalized spacial score (nSPS) is 26.4. The fourth-order valence-corrected chi connectivity index (χ4v) is 4.41. The number of hydrogen-bond donors (Lipinski definition) is 2. The van der Waals surface area contributed by atoms with Crippen LogP contribution in [0.4, 0.5) is 0 Å². The molecule has 1 aromatic carbocycles. The molecule has 1 aliphatic rings. The number of aromatic nitrogens is 2. The predicted molar refractivity (Wildman–Crippen MR) is 86.3 cm³/mol. The van der Waals surface area contributed by atoms with E-state index in [1.54, 1.807) is 0 Å². The molecule has 3 nitrogen and oxygen atoms in total. The number of nitrogens with one attached hydrogen (secondary N) is 2. The molecule has 0 bridgehead atoms. The van der Waals surface area contributed by atoms with E-state index in [1.807, 2.05) is 11.8 Å². The second kappa shape index (κ2) is 5.78. The highest BCUT2D eigenvalue weighted by atomic mass is 32.2. The van der Waals surface area contributed by atoms with Crippen molar-refractivity contribution in [2.24, 2.45) is 5.92 Å². The van der Waals surface area contributed by atoms with Crippen molar-refractivity contribution < 1.29 is 0 Å². The summed E-state index contributed by atoms with van der Waals surface area (Å²) in [5.41, 5.74) is 3.51. The van der Waals surface area contributed by atoms with Crippen molar-refractivity contribution in [3.05, 3.63) is 23.8 Å². The highest BCUT2D eigenvalue weighted by Crippen LogP contribution is 2.38. The Bertz CT molecular complexity index is 592. The maximum absolute atomic E-state index is 4.71. The van der Waals surface area contributed by atoms with Gasteiger partial charge in [0.05, 0.1) is 11.0 Å². The summed E-state index contributed by atoms with van der Waals surface area (Å²) < 4.78 is 0. The molecular formula is C16H23N3S.